The van der Waals surface area contributed by atoms with Gasteiger partial charge in [0.15, 0.2) is 6.23 Å². The third kappa shape index (κ3) is 2.44. The van der Waals surface area contributed by atoms with E-state index in [1.165, 1.54) is 0 Å². The average molecular weight is 483 g/mol. The van der Waals surface area contributed by atoms with E-state index < -0.39 is 29.8 Å². The van der Waals surface area contributed by atoms with Gasteiger partial charge in [0.05, 0.1) is 18.6 Å². The Kier molecular flexibility index (Phi) is 4.10. The predicted molar refractivity (Wildman–Crippen MR) is 107 cm³/mol. The molecular formula is C21H18BrF3N2O3. The van der Waals surface area contributed by atoms with Crippen molar-refractivity contribution in [2.75, 3.05) is 25.6 Å². The van der Waals surface area contributed by atoms with Crippen LogP contribution in [0.1, 0.15) is 23.6 Å². The first kappa shape index (κ1) is 19.5. The standard InChI is InChI=1S/C21H18BrF3N2O3/c1-26-15-5-4-12(29-2)10-14(15)20-7-8-27(18(28)21(23,24)25)17(20)13-9-11(22)3-6-16(13)30-19(20)26/h3-6,9-10,17,19H,7-8H2,1-2H3/t17-,19-,20+/m0/s1. The van der Waals surface area contributed by atoms with Crippen LogP contribution in [0.3, 0.4) is 0 Å². The molecule has 3 aliphatic heterocycles. The summed E-state index contributed by atoms with van der Waals surface area (Å²) in [6.45, 7) is -0.0146. The van der Waals surface area contributed by atoms with Crippen LogP contribution in [0.15, 0.2) is 40.9 Å². The Balaban J connectivity index is 1.77. The van der Waals surface area contributed by atoms with Gasteiger partial charge in [0.1, 0.15) is 11.5 Å². The van der Waals surface area contributed by atoms with E-state index in [1.807, 2.05) is 30.1 Å². The number of halogens is 4. The molecule has 1 fully saturated rings. The topological polar surface area (TPSA) is 42.0 Å². The molecule has 2 aromatic carbocycles. The first-order chi connectivity index (χ1) is 14.2. The molecule has 0 unspecified atom stereocenters. The highest BCUT2D eigenvalue weighted by atomic mass is 79.9. The summed E-state index contributed by atoms with van der Waals surface area (Å²) in [6, 6.07) is 10.0. The molecule has 3 atom stereocenters. The van der Waals surface area contributed by atoms with Crippen molar-refractivity contribution in [3.05, 3.63) is 52.0 Å². The lowest BCUT2D eigenvalue weighted by Gasteiger charge is -2.45. The van der Waals surface area contributed by atoms with Crippen LogP contribution in [0.4, 0.5) is 18.9 Å². The number of carbonyl (C=O) groups excluding carboxylic acids is 1. The molecule has 5 nitrogen and oxygen atoms in total. The molecule has 158 valence electrons. The number of hydrogen-bond acceptors (Lipinski definition) is 4. The number of alkyl halides is 3. The van der Waals surface area contributed by atoms with E-state index in [0.29, 0.717) is 28.0 Å². The number of methoxy groups -OCH3 is 1. The lowest BCUT2D eigenvalue weighted by atomic mass is 9.70. The Bertz CT molecular complexity index is 1060. The fourth-order valence-corrected chi connectivity index (χ4v) is 5.67. The zero-order valence-electron chi connectivity index (χ0n) is 16.2. The minimum absolute atomic E-state index is 0.0146. The average Bonchev–Trinajstić information content (AvgIpc) is 3.22. The number of anilines is 1. The summed E-state index contributed by atoms with van der Waals surface area (Å²) in [5.74, 6) is -0.733. The molecule has 30 heavy (non-hydrogen) atoms. The lowest BCUT2D eigenvalue weighted by molar-refractivity contribution is -0.187. The van der Waals surface area contributed by atoms with Gasteiger partial charge in [-0.05, 0) is 48.4 Å². The van der Waals surface area contributed by atoms with Crippen molar-refractivity contribution in [3.8, 4) is 11.5 Å². The zero-order chi connectivity index (χ0) is 21.4. The highest BCUT2D eigenvalue weighted by Gasteiger charge is 2.66. The molecule has 3 heterocycles. The van der Waals surface area contributed by atoms with Crippen LogP contribution in [0, 0.1) is 0 Å². The van der Waals surface area contributed by atoms with E-state index in [9.17, 15) is 18.0 Å². The minimum atomic E-state index is -4.95. The minimum Gasteiger partial charge on any atom is -0.497 e. The highest BCUT2D eigenvalue weighted by molar-refractivity contribution is 9.10. The van der Waals surface area contributed by atoms with Gasteiger partial charge >= 0.3 is 12.1 Å². The third-order valence-corrected chi connectivity index (χ3v) is 6.95. The molecule has 3 aliphatic rings. The van der Waals surface area contributed by atoms with Crippen molar-refractivity contribution in [1.29, 1.82) is 0 Å². The molecule has 5 rings (SSSR count). The van der Waals surface area contributed by atoms with Gasteiger partial charge < -0.3 is 19.3 Å². The summed E-state index contributed by atoms with van der Waals surface area (Å²) in [5.41, 5.74) is 1.43. The lowest BCUT2D eigenvalue weighted by Crippen LogP contribution is -2.54. The maximum absolute atomic E-state index is 13.5. The smallest absolute Gasteiger partial charge is 0.471 e. The van der Waals surface area contributed by atoms with E-state index >= 15 is 0 Å². The largest absolute Gasteiger partial charge is 0.497 e. The van der Waals surface area contributed by atoms with Gasteiger partial charge in [-0.2, -0.15) is 13.2 Å². The number of hydrogen-bond donors (Lipinski definition) is 0. The molecule has 1 amide bonds. The summed E-state index contributed by atoms with van der Waals surface area (Å²) < 4.78 is 52.9. The number of ether oxygens (including phenoxy) is 2. The second kappa shape index (κ2) is 6.29. The molecule has 0 aliphatic carbocycles. The van der Waals surface area contributed by atoms with E-state index in [1.54, 1.807) is 25.3 Å². The Morgan fingerprint density at radius 1 is 1.27 bits per heavy atom. The van der Waals surface area contributed by atoms with Crippen molar-refractivity contribution in [3.63, 3.8) is 0 Å². The predicted octanol–water partition coefficient (Wildman–Crippen LogP) is 4.40. The summed E-state index contributed by atoms with van der Waals surface area (Å²) in [7, 11) is 3.41. The number of benzene rings is 2. The Labute approximate surface area is 179 Å². The van der Waals surface area contributed by atoms with Crippen molar-refractivity contribution < 1.29 is 27.4 Å². The molecule has 1 saturated heterocycles. The molecular weight excluding hydrogens is 465 g/mol. The van der Waals surface area contributed by atoms with Gasteiger partial charge in [-0.25, -0.2) is 0 Å². The number of fused-ring (bicyclic) bond motifs is 3. The van der Waals surface area contributed by atoms with Gasteiger partial charge in [-0.1, -0.05) is 15.9 Å². The molecule has 0 saturated carbocycles. The summed E-state index contributed by atoms with van der Waals surface area (Å²) in [6.07, 6.45) is -5.14. The summed E-state index contributed by atoms with van der Waals surface area (Å²) in [4.78, 5) is 15.3. The molecule has 9 heteroatoms. The van der Waals surface area contributed by atoms with Crippen molar-refractivity contribution in [2.24, 2.45) is 0 Å². The van der Waals surface area contributed by atoms with Crippen LogP contribution in [0.2, 0.25) is 0 Å². The zero-order valence-corrected chi connectivity index (χ0v) is 17.8. The molecule has 0 radical (unpaired) electrons. The Morgan fingerprint density at radius 3 is 2.73 bits per heavy atom. The fraction of sp³-hybridized carbons (Fsp3) is 0.381. The summed E-state index contributed by atoms with van der Waals surface area (Å²) >= 11 is 3.41. The molecule has 0 aromatic heterocycles. The number of rotatable bonds is 1. The highest BCUT2D eigenvalue weighted by Crippen LogP contribution is 2.63. The van der Waals surface area contributed by atoms with Crippen molar-refractivity contribution >= 4 is 27.5 Å². The van der Waals surface area contributed by atoms with E-state index in [-0.39, 0.29) is 6.54 Å². The molecule has 2 aromatic rings. The SMILES string of the molecule is COc1ccc2c(c1)[C@]13CCN(C(=O)C(F)(F)F)[C@H]1c1cc(Br)ccc1O[C@@H]3N2C. The van der Waals surface area contributed by atoms with Crippen LogP contribution >= 0.6 is 15.9 Å². The first-order valence-electron chi connectivity index (χ1n) is 9.43. The van der Waals surface area contributed by atoms with E-state index in [2.05, 4.69) is 15.9 Å². The van der Waals surface area contributed by atoms with Crippen LogP contribution in [-0.2, 0) is 10.2 Å². The normalized spacial score (nSPS) is 26.5. The van der Waals surface area contributed by atoms with Crippen molar-refractivity contribution in [1.82, 2.24) is 4.90 Å². The second-order valence-corrected chi connectivity index (χ2v) is 8.75. The third-order valence-electron chi connectivity index (χ3n) is 6.45. The van der Waals surface area contributed by atoms with Crippen LogP contribution in [0.25, 0.3) is 0 Å². The number of likely N-dealkylation sites (tertiary alicyclic amines) is 1. The maximum Gasteiger partial charge on any atom is 0.471 e. The van der Waals surface area contributed by atoms with Gasteiger partial charge in [-0.3, -0.25) is 4.79 Å². The van der Waals surface area contributed by atoms with Gasteiger partial charge in [0.2, 0.25) is 0 Å². The number of nitrogens with zero attached hydrogens (tertiary/aromatic N) is 2. The molecule has 1 spiro atoms. The monoisotopic (exact) mass is 482 g/mol. The quantitative estimate of drug-likeness (QED) is 0.604. The van der Waals surface area contributed by atoms with Crippen LogP contribution in [-0.4, -0.2) is 43.9 Å². The summed E-state index contributed by atoms with van der Waals surface area (Å²) in [5, 5.41) is 0. The fourth-order valence-electron chi connectivity index (χ4n) is 5.29. The van der Waals surface area contributed by atoms with Crippen LogP contribution < -0.4 is 14.4 Å². The Morgan fingerprint density at radius 2 is 2.03 bits per heavy atom. The van der Waals surface area contributed by atoms with Gasteiger partial charge in [-0.15, -0.1) is 0 Å². The molecule has 0 N–H and O–H groups in total. The van der Waals surface area contributed by atoms with E-state index in [0.717, 1.165) is 16.2 Å². The van der Waals surface area contributed by atoms with Gasteiger partial charge in [0.25, 0.3) is 0 Å². The molecule has 0 bridgehead atoms. The Hall–Kier alpha value is -2.42. The van der Waals surface area contributed by atoms with Crippen LogP contribution in [0.5, 0.6) is 11.5 Å². The van der Waals surface area contributed by atoms with Gasteiger partial charge in [0, 0.05) is 29.3 Å². The van der Waals surface area contributed by atoms with E-state index in [4.69, 9.17) is 9.47 Å². The number of amides is 1. The maximum atomic E-state index is 13.5. The number of carbonyl (C=O) groups is 1. The van der Waals surface area contributed by atoms with Crippen molar-refractivity contribution in [2.45, 2.75) is 30.3 Å². The second-order valence-electron chi connectivity index (χ2n) is 7.84. The number of likely N-dealkylation sites (N-methyl/N-ethyl adjacent to an activating group) is 1. The first-order valence-corrected chi connectivity index (χ1v) is 10.2.